The largest absolute Gasteiger partial charge is 0.495 e. The third kappa shape index (κ3) is 3.27. The lowest BCUT2D eigenvalue weighted by molar-refractivity contribution is 0.402. The molecule has 6 nitrogen and oxygen atoms in total. The van der Waals surface area contributed by atoms with Crippen molar-refractivity contribution in [2.45, 2.75) is 18.4 Å². The van der Waals surface area contributed by atoms with Gasteiger partial charge in [0.15, 0.2) is 0 Å². The van der Waals surface area contributed by atoms with Crippen LogP contribution in [0.5, 0.6) is 5.75 Å². The first-order valence-electron chi connectivity index (χ1n) is 5.76. The van der Waals surface area contributed by atoms with Gasteiger partial charge in [-0.3, -0.25) is 0 Å². The minimum absolute atomic E-state index is 0.0203. The van der Waals surface area contributed by atoms with Gasteiger partial charge in [-0.25, -0.2) is 18.1 Å². The van der Waals surface area contributed by atoms with E-state index in [9.17, 15) is 8.42 Å². The van der Waals surface area contributed by atoms with E-state index < -0.39 is 10.0 Å². The molecule has 0 saturated heterocycles. The van der Waals surface area contributed by atoms with Crippen molar-refractivity contribution in [1.29, 1.82) is 0 Å². The van der Waals surface area contributed by atoms with E-state index in [0.717, 1.165) is 5.01 Å². The Morgan fingerprint density at radius 3 is 2.80 bits per heavy atom. The number of anilines is 1. The van der Waals surface area contributed by atoms with Crippen LogP contribution in [0.15, 0.2) is 28.5 Å². The molecule has 1 aromatic carbocycles. The summed E-state index contributed by atoms with van der Waals surface area (Å²) in [6.45, 7) is 1.99. The first-order chi connectivity index (χ1) is 9.42. The van der Waals surface area contributed by atoms with Crippen molar-refractivity contribution in [3.05, 3.63) is 34.3 Å². The Kier molecular flexibility index (Phi) is 4.26. The molecule has 1 aromatic heterocycles. The number of methoxy groups -OCH3 is 1. The SMILES string of the molecule is COc1ccc(N)cc1S(=O)(=O)NCc1csc(C)n1. The lowest BCUT2D eigenvalue weighted by Crippen LogP contribution is -2.24. The average Bonchev–Trinajstić information content (AvgIpc) is 2.82. The fraction of sp³-hybridized carbons (Fsp3) is 0.250. The van der Waals surface area contributed by atoms with Crippen LogP contribution in [0.2, 0.25) is 0 Å². The second kappa shape index (κ2) is 5.78. The van der Waals surface area contributed by atoms with Gasteiger partial charge in [-0.1, -0.05) is 0 Å². The Balaban J connectivity index is 2.24. The lowest BCUT2D eigenvalue weighted by atomic mass is 10.3. The lowest BCUT2D eigenvalue weighted by Gasteiger charge is -2.10. The first-order valence-corrected chi connectivity index (χ1v) is 8.13. The normalized spacial score (nSPS) is 11.5. The maximum Gasteiger partial charge on any atom is 0.244 e. The summed E-state index contributed by atoms with van der Waals surface area (Å²) in [5.41, 5.74) is 6.67. The molecule has 0 aliphatic rings. The summed E-state index contributed by atoms with van der Waals surface area (Å²) < 4.78 is 32.1. The van der Waals surface area contributed by atoms with E-state index in [0.29, 0.717) is 11.4 Å². The summed E-state index contributed by atoms with van der Waals surface area (Å²) >= 11 is 1.47. The van der Waals surface area contributed by atoms with Crippen LogP contribution in [-0.4, -0.2) is 20.5 Å². The fourth-order valence-electron chi connectivity index (χ4n) is 1.64. The standard InChI is InChI=1S/C12H15N3O3S2/c1-8-15-10(7-19-8)6-14-20(16,17)12-5-9(13)3-4-11(12)18-2/h3-5,7,14H,6,13H2,1-2H3. The molecule has 2 aromatic rings. The quantitative estimate of drug-likeness (QED) is 0.816. The molecule has 0 unspecified atom stereocenters. The second-order valence-electron chi connectivity index (χ2n) is 4.09. The molecule has 0 saturated carbocycles. The number of aryl methyl sites for hydroxylation is 1. The van der Waals surface area contributed by atoms with Gasteiger partial charge in [0.2, 0.25) is 10.0 Å². The minimum atomic E-state index is -3.70. The number of nitrogen functional groups attached to an aromatic ring is 1. The number of nitrogens with zero attached hydrogens (tertiary/aromatic N) is 1. The van der Waals surface area contributed by atoms with Gasteiger partial charge in [0.25, 0.3) is 0 Å². The highest BCUT2D eigenvalue weighted by Gasteiger charge is 2.20. The van der Waals surface area contributed by atoms with Gasteiger partial charge in [-0.15, -0.1) is 11.3 Å². The first kappa shape index (κ1) is 14.8. The number of aromatic nitrogens is 1. The summed E-state index contributed by atoms with van der Waals surface area (Å²) in [5.74, 6) is 0.251. The Morgan fingerprint density at radius 1 is 1.45 bits per heavy atom. The average molecular weight is 313 g/mol. The van der Waals surface area contributed by atoms with Crippen LogP contribution >= 0.6 is 11.3 Å². The van der Waals surface area contributed by atoms with Gasteiger partial charge < -0.3 is 10.5 Å². The Morgan fingerprint density at radius 2 is 2.20 bits per heavy atom. The number of ether oxygens (including phenoxy) is 1. The van der Waals surface area contributed by atoms with Crippen LogP contribution in [0.3, 0.4) is 0 Å². The summed E-state index contributed by atoms with van der Waals surface area (Å²) in [5, 5.41) is 2.70. The van der Waals surface area contributed by atoms with Crippen molar-refractivity contribution >= 4 is 27.0 Å². The third-order valence-corrected chi connectivity index (χ3v) is 4.83. The summed E-state index contributed by atoms with van der Waals surface area (Å²) in [6.07, 6.45) is 0. The monoisotopic (exact) mass is 313 g/mol. The summed E-state index contributed by atoms with van der Waals surface area (Å²) in [6, 6.07) is 4.48. The molecular formula is C12H15N3O3S2. The van der Waals surface area contributed by atoms with Gasteiger partial charge in [0.05, 0.1) is 24.4 Å². The molecule has 0 amide bonds. The number of nitrogens with two attached hydrogens (primary N) is 1. The van der Waals surface area contributed by atoms with Crippen molar-refractivity contribution in [2.24, 2.45) is 0 Å². The second-order valence-corrected chi connectivity index (χ2v) is 6.89. The fourth-order valence-corrected chi connectivity index (χ4v) is 3.45. The van der Waals surface area contributed by atoms with E-state index in [1.807, 2.05) is 12.3 Å². The zero-order valence-corrected chi connectivity index (χ0v) is 12.7. The van der Waals surface area contributed by atoms with E-state index in [4.69, 9.17) is 10.5 Å². The van der Waals surface area contributed by atoms with E-state index in [1.165, 1.54) is 30.6 Å². The number of nitrogens with one attached hydrogen (secondary N) is 1. The molecule has 20 heavy (non-hydrogen) atoms. The summed E-state index contributed by atoms with van der Waals surface area (Å²) in [7, 11) is -2.29. The van der Waals surface area contributed by atoms with Gasteiger partial charge in [-0.05, 0) is 25.1 Å². The summed E-state index contributed by atoms with van der Waals surface area (Å²) in [4.78, 5) is 4.22. The molecule has 0 spiro atoms. The maximum atomic E-state index is 12.3. The van der Waals surface area contributed by atoms with Crippen molar-refractivity contribution in [2.75, 3.05) is 12.8 Å². The molecule has 0 aliphatic carbocycles. The Bertz CT molecular complexity index is 710. The smallest absolute Gasteiger partial charge is 0.244 e. The zero-order chi connectivity index (χ0) is 14.8. The third-order valence-electron chi connectivity index (χ3n) is 2.59. The number of hydrogen-bond acceptors (Lipinski definition) is 6. The van der Waals surface area contributed by atoms with Crippen molar-refractivity contribution in [3.8, 4) is 5.75 Å². The van der Waals surface area contributed by atoms with Crippen molar-refractivity contribution in [1.82, 2.24) is 9.71 Å². The predicted octanol–water partition coefficient (Wildman–Crippen LogP) is 1.52. The van der Waals surface area contributed by atoms with Gasteiger partial charge in [-0.2, -0.15) is 0 Å². The van der Waals surface area contributed by atoms with Crippen molar-refractivity contribution < 1.29 is 13.2 Å². The number of rotatable bonds is 5. The molecule has 2 rings (SSSR count). The molecule has 3 N–H and O–H groups in total. The maximum absolute atomic E-state index is 12.3. The Labute approximate surface area is 121 Å². The number of sulfonamides is 1. The molecular weight excluding hydrogens is 298 g/mol. The highest BCUT2D eigenvalue weighted by atomic mass is 32.2. The minimum Gasteiger partial charge on any atom is -0.495 e. The van der Waals surface area contributed by atoms with Gasteiger partial charge in [0, 0.05) is 11.1 Å². The topological polar surface area (TPSA) is 94.3 Å². The number of hydrogen-bond donors (Lipinski definition) is 2. The van der Waals surface area contributed by atoms with Gasteiger partial charge >= 0.3 is 0 Å². The van der Waals surface area contributed by atoms with E-state index >= 15 is 0 Å². The van der Waals surface area contributed by atoms with Crippen LogP contribution in [0.1, 0.15) is 10.7 Å². The molecule has 0 aliphatic heterocycles. The van der Waals surface area contributed by atoms with Crippen LogP contribution in [0.4, 0.5) is 5.69 Å². The molecule has 0 bridgehead atoms. The molecule has 0 atom stereocenters. The van der Waals surface area contributed by atoms with Crippen LogP contribution < -0.4 is 15.2 Å². The van der Waals surface area contributed by atoms with E-state index in [2.05, 4.69) is 9.71 Å². The molecule has 0 radical (unpaired) electrons. The van der Waals surface area contributed by atoms with E-state index in [1.54, 1.807) is 6.07 Å². The van der Waals surface area contributed by atoms with Crippen LogP contribution in [-0.2, 0) is 16.6 Å². The highest BCUT2D eigenvalue weighted by Crippen LogP contribution is 2.25. The molecule has 0 fully saturated rings. The van der Waals surface area contributed by atoms with Crippen LogP contribution in [0.25, 0.3) is 0 Å². The van der Waals surface area contributed by atoms with Gasteiger partial charge in [0.1, 0.15) is 10.6 Å². The number of thiazole rings is 1. The number of benzene rings is 1. The highest BCUT2D eigenvalue weighted by molar-refractivity contribution is 7.89. The predicted molar refractivity (Wildman–Crippen MR) is 78.3 cm³/mol. The Hall–Kier alpha value is -1.64. The van der Waals surface area contributed by atoms with Crippen LogP contribution in [0, 0.1) is 6.92 Å². The molecule has 1 heterocycles. The zero-order valence-electron chi connectivity index (χ0n) is 11.1. The van der Waals surface area contributed by atoms with E-state index in [-0.39, 0.29) is 17.2 Å². The molecule has 108 valence electrons. The molecule has 8 heteroatoms. The van der Waals surface area contributed by atoms with Crippen molar-refractivity contribution in [3.63, 3.8) is 0 Å².